The Balaban J connectivity index is 2.00. The molecule has 0 bridgehead atoms. The first kappa shape index (κ1) is 23.5. The van der Waals surface area contributed by atoms with E-state index < -0.39 is 24.0 Å². The minimum Gasteiger partial charge on any atom is -0.504 e. The van der Waals surface area contributed by atoms with Crippen molar-refractivity contribution in [1.29, 1.82) is 0 Å². The highest BCUT2D eigenvalue weighted by atomic mass is 16.5. The molecule has 168 valence electrons. The second-order valence-corrected chi connectivity index (χ2v) is 6.83. The Labute approximate surface area is 178 Å². The number of hydrogen-bond donors (Lipinski definition) is 7. The monoisotopic (exact) mass is 434 g/mol. The molecular weight excluding hydrogens is 408 g/mol. The second-order valence-electron chi connectivity index (χ2n) is 6.83. The molecule has 12 nitrogen and oxygen atoms in total. The maximum absolute atomic E-state index is 12.3. The fourth-order valence-electron chi connectivity index (χ4n) is 2.71. The van der Waals surface area contributed by atoms with Crippen molar-refractivity contribution in [3.63, 3.8) is 0 Å². The van der Waals surface area contributed by atoms with E-state index in [1.54, 1.807) is 0 Å². The maximum atomic E-state index is 12.3. The molecule has 1 aromatic rings. The topological polar surface area (TPSA) is 215 Å². The molecule has 2 amide bonds. The predicted octanol–water partition coefficient (Wildman–Crippen LogP) is -1.42. The summed E-state index contributed by atoms with van der Waals surface area (Å²) < 4.78 is 5.39. The number of piperazine rings is 1. The van der Waals surface area contributed by atoms with Crippen molar-refractivity contribution in [3.05, 3.63) is 29.5 Å². The summed E-state index contributed by atoms with van der Waals surface area (Å²) in [5, 5.41) is 23.9. The number of benzene rings is 1. The fraction of sp³-hybridized carbons (Fsp3) is 0.368. The molecule has 1 fully saturated rings. The van der Waals surface area contributed by atoms with Gasteiger partial charge in [0.1, 0.15) is 17.8 Å². The van der Waals surface area contributed by atoms with E-state index in [2.05, 4.69) is 15.6 Å². The summed E-state index contributed by atoms with van der Waals surface area (Å²) in [7, 11) is 0. The molecule has 1 saturated heterocycles. The number of nitrogens with zero attached hydrogens (tertiary/aromatic N) is 1. The van der Waals surface area contributed by atoms with Crippen LogP contribution < -0.4 is 32.6 Å². The number of carboxylic acid groups (broad SMARTS) is 1. The van der Waals surface area contributed by atoms with E-state index in [1.165, 1.54) is 24.3 Å². The van der Waals surface area contributed by atoms with Crippen LogP contribution in [-0.4, -0.2) is 59.2 Å². The van der Waals surface area contributed by atoms with Crippen LogP contribution in [0.3, 0.4) is 0 Å². The summed E-state index contributed by atoms with van der Waals surface area (Å²) in [6, 6.07) is 2.55. The normalized spacial score (nSPS) is 18.1. The molecule has 10 N–H and O–H groups in total. The van der Waals surface area contributed by atoms with Gasteiger partial charge in [0.05, 0.1) is 6.61 Å². The summed E-state index contributed by atoms with van der Waals surface area (Å²) >= 11 is 0. The van der Waals surface area contributed by atoms with Crippen molar-refractivity contribution in [2.45, 2.75) is 31.3 Å². The number of carboxylic acids is 1. The number of aliphatic carboxylic acids is 1. The van der Waals surface area contributed by atoms with E-state index in [4.69, 9.17) is 27.0 Å². The van der Waals surface area contributed by atoms with Crippen molar-refractivity contribution in [3.8, 4) is 11.5 Å². The van der Waals surface area contributed by atoms with E-state index in [0.29, 0.717) is 24.9 Å². The number of rotatable bonds is 10. The van der Waals surface area contributed by atoms with Crippen LogP contribution in [0.4, 0.5) is 0 Å². The number of aliphatic imine (C=N–C) groups is 1. The highest BCUT2D eigenvalue weighted by Crippen LogP contribution is 2.28. The molecule has 2 atom stereocenters. The molecule has 2 rings (SSSR count). The quantitative estimate of drug-likeness (QED) is 0.0993. The van der Waals surface area contributed by atoms with Crippen molar-refractivity contribution < 1.29 is 29.3 Å². The van der Waals surface area contributed by atoms with Crippen LogP contribution in [0.25, 0.3) is 6.08 Å². The number of phenols is 1. The highest BCUT2D eigenvalue weighted by Gasteiger charge is 2.29. The maximum Gasteiger partial charge on any atom is 0.320 e. The first-order valence-corrected chi connectivity index (χ1v) is 9.50. The van der Waals surface area contributed by atoms with Gasteiger partial charge in [0.15, 0.2) is 17.5 Å². The van der Waals surface area contributed by atoms with Gasteiger partial charge in [-0.3, -0.25) is 19.4 Å². The molecule has 1 heterocycles. The highest BCUT2D eigenvalue weighted by molar-refractivity contribution is 6.07. The SMILES string of the molecule is NC(N)=NCCC[C@@H]1NC(=O)/C(=C/c2ccc(O)c(OCC[C@H](N)C(=O)O)c2)NC1=O. The van der Waals surface area contributed by atoms with Crippen molar-refractivity contribution >= 4 is 29.8 Å². The Morgan fingerprint density at radius 1 is 1.32 bits per heavy atom. The lowest BCUT2D eigenvalue weighted by Gasteiger charge is -2.25. The van der Waals surface area contributed by atoms with Crippen LogP contribution >= 0.6 is 0 Å². The lowest BCUT2D eigenvalue weighted by molar-refractivity contribution is -0.138. The fourth-order valence-corrected chi connectivity index (χ4v) is 2.71. The molecule has 0 spiro atoms. The molecule has 1 aromatic carbocycles. The number of carbonyl (C=O) groups is 3. The summed E-state index contributed by atoms with van der Waals surface area (Å²) in [6.45, 7) is 0.318. The third-order valence-electron chi connectivity index (χ3n) is 4.37. The van der Waals surface area contributed by atoms with E-state index >= 15 is 0 Å². The molecule has 0 aliphatic carbocycles. The minimum atomic E-state index is -1.15. The third kappa shape index (κ3) is 7.19. The van der Waals surface area contributed by atoms with Crippen LogP contribution in [0.15, 0.2) is 28.9 Å². The average molecular weight is 434 g/mol. The first-order chi connectivity index (χ1) is 14.7. The number of aromatic hydroxyl groups is 1. The Bertz CT molecular complexity index is 896. The Morgan fingerprint density at radius 2 is 2.06 bits per heavy atom. The molecular formula is C19H26N6O6. The van der Waals surface area contributed by atoms with E-state index in [-0.39, 0.29) is 42.1 Å². The lowest BCUT2D eigenvalue weighted by atomic mass is 10.1. The molecule has 1 aliphatic rings. The zero-order valence-corrected chi connectivity index (χ0v) is 16.7. The number of phenolic OH excluding ortho intramolecular Hbond substituents is 1. The van der Waals surface area contributed by atoms with Gasteiger partial charge >= 0.3 is 5.97 Å². The molecule has 0 aromatic heterocycles. The lowest BCUT2D eigenvalue weighted by Crippen LogP contribution is -2.54. The Kier molecular flexibility index (Phi) is 8.20. The van der Waals surface area contributed by atoms with Gasteiger partial charge < -0.3 is 42.8 Å². The standard InChI is InChI=1S/C19H26N6O6/c20-11(18(29)30)5-7-31-15-9-10(3-4-14(15)26)8-13-17(28)24-12(16(27)25-13)2-1-6-23-19(21)22/h3-4,8-9,11-12,26H,1-2,5-7,20H2,(H,24,28)(H,25,27)(H,29,30)(H4,21,22,23)/b13-8-/t11-,12-/m0/s1. The van der Waals surface area contributed by atoms with Gasteiger partial charge in [0, 0.05) is 13.0 Å². The molecule has 0 saturated carbocycles. The van der Waals surface area contributed by atoms with Crippen LogP contribution in [0.2, 0.25) is 0 Å². The first-order valence-electron chi connectivity index (χ1n) is 9.50. The van der Waals surface area contributed by atoms with Crippen LogP contribution in [0, 0.1) is 0 Å². The zero-order valence-electron chi connectivity index (χ0n) is 16.7. The number of guanidine groups is 1. The van der Waals surface area contributed by atoms with Gasteiger partial charge in [-0.05, 0) is 36.6 Å². The van der Waals surface area contributed by atoms with Gasteiger partial charge in [-0.1, -0.05) is 6.07 Å². The van der Waals surface area contributed by atoms with Crippen LogP contribution in [-0.2, 0) is 14.4 Å². The number of ether oxygens (including phenoxy) is 1. The van der Waals surface area contributed by atoms with Crippen molar-refractivity contribution in [2.75, 3.05) is 13.2 Å². The van der Waals surface area contributed by atoms with Crippen molar-refractivity contribution in [1.82, 2.24) is 10.6 Å². The summed E-state index contributed by atoms with van der Waals surface area (Å²) in [5.74, 6) is -2.09. The van der Waals surface area contributed by atoms with Crippen molar-refractivity contribution in [2.24, 2.45) is 22.2 Å². The van der Waals surface area contributed by atoms with Gasteiger partial charge in [-0.2, -0.15) is 0 Å². The number of hydrogen-bond acceptors (Lipinski definition) is 7. The number of amides is 2. The van der Waals surface area contributed by atoms with Gasteiger partial charge in [-0.25, -0.2) is 0 Å². The molecule has 31 heavy (non-hydrogen) atoms. The minimum absolute atomic E-state index is 0.0280. The zero-order chi connectivity index (χ0) is 23.0. The van der Waals surface area contributed by atoms with Gasteiger partial charge in [-0.15, -0.1) is 0 Å². The van der Waals surface area contributed by atoms with Crippen LogP contribution in [0.5, 0.6) is 11.5 Å². The molecule has 0 radical (unpaired) electrons. The smallest absolute Gasteiger partial charge is 0.320 e. The van der Waals surface area contributed by atoms with E-state index in [9.17, 15) is 19.5 Å². The molecule has 12 heteroatoms. The Morgan fingerprint density at radius 3 is 2.74 bits per heavy atom. The van der Waals surface area contributed by atoms with Gasteiger partial charge in [0.25, 0.3) is 5.91 Å². The summed E-state index contributed by atoms with van der Waals surface area (Å²) in [4.78, 5) is 39.2. The summed E-state index contributed by atoms with van der Waals surface area (Å²) in [6.07, 6.45) is 2.36. The largest absolute Gasteiger partial charge is 0.504 e. The van der Waals surface area contributed by atoms with Gasteiger partial charge in [0.2, 0.25) is 5.91 Å². The van der Waals surface area contributed by atoms with E-state index in [0.717, 1.165) is 0 Å². The Hall–Kier alpha value is -3.80. The number of nitrogens with two attached hydrogens (primary N) is 3. The molecule has 0 unspecified atom stereocenters. The number of nitrogens with one attached hydrogen (secondary N) is 2. The number of carbonyl (C=O) groups excluding carboxylic acids is 2. The summed E-state index contributed by atoms with van der Waals surface area (Å²) in [5.41, 5.74) is 16.4. The van der Waals surface area contributed by atoms with Crippen LogP contribution in [0.1, 0.15) is 24.8 Å². The molecule has 1 aliphatic heterocycles. The predicted molar refractivity (Wildman–Crippen MR) is 112 cm³/mol. The van der Waals surface area contributed by atoms with E-state index in [1.807, 2.05) is 0 Å². The average Bonchev–Trinajstić information content (AvgIpc) is 2.70. The second kappa shape index (κ2) is 10.8. The third-order valence-corrected chi connectivity index (χ3v) is 4.37.